The number of hydrazine groups is 1. The molecule has 61 heavy (non-hydrogen) atoms. The Morgan fingerprint density at radius 3 is 2.49 bits per heavy atom. The number of aromatic nitrogens is 1. The second-order valence-corrected chi connectivity index (χ2v) is 18.3. The molecule has 2 aliphatic rings. The number of carbonyl (C=O) groups is 4. The highest BCUT2D eigenvalue weighted by Gasteiger charge is 2.54. The lowest BCUT2D eigenvalue weighted by molar-refractivity contribution is -0.167. The summed E-state index contributed by atoms with van der Waals surface area (Å²) in [7, 11) is 1.57. The smallest absolute Gasteiger partial charge is 0.408 e. The van der Waals surface area contributed by atoms with Gasteiger partial charge in [0.25, 0.3) is 5.91 Å². The fourth-order valence-corrected chi connectivity index (χ4v) is 9.58. The first-order valence-electron chi connectivity index (χ1n) is 20.1. The van der Waals surface area contributed by atoms with Crippen LogP contribution in [-0.2, 0) is 36.1 Å². The average molecular weight is 875 g/mol. The van der Waals surface area contributed by atoms with Crippen molar-refractivity contribution in [1.82, 2.24) is 31.1 Å². The van der Waals surface area contributed by atoms with E-state index in [2.05, 4.69) is 26.1 Å². The lowest BCUT2D eigenvalue weighted by Gasteiger charge is -2.46. The lowest BCUT2D eigenvalue weighted by atomic mass is 9.84. The van der Waals surface area contributed by atoms with Crippen LogP contribution in [0.3, 0.4) is 0 Å². The van der Waals surface area contributed by atoms with Gasteiger partial charge in [0, 0.05) is 26.1 Å². The number of hydroxylamine groups is 1. The van der Waals surface area contributed by atoms with Gasteiger partial charge >= 0.3 is 6.09 Å². The predicted molar refractivity (Wildman–Crippen MR) is 233 cm³/mol. The Morgan fingerprint density at radius 2 is 1.79 bits per heavy atom. The van der Waals surface area contributed by atoms with Crippen molar-refractivity contribution in [3.63, 3.8) is 0 Å². The van der Waals surface area contributed by atoms with Gasteiger partial charge < -0.3 is 25.8 Å². The molecule has 0 aliphatic carbocycles. The predicted octanol–water partition coefficient (Wildman–Crippen LogP) is 4.96. The number of rotatable bonds is 15. The number of guanidine groups is 1. The van der Waals surface area contributed by atoms with Crippen LogP contribution in [0.25, 0.3) is 10.2 Å². The van der Waals surface area contributed by atoms with E-state index in [0.29, 0.717) is 48.5 Å². The van der Waals surface area contributed by atoms with E-state index >= 15 is 0 Å². The van der Waals surface area contributed by atoms with E-state index in [1.807, 2.05) is 80.4 Å². The van der Waals surface area contributed by atoms with Crippen LogP contribution in [0.15, 0.2) is 70.6 Å². The SMILES string of the molecule is COc1cc(C)c(S(=O)ONC(N)=NCCCC(NC(=O)[C@@H]2CCN3CC[C@](Cc4ccccc4)(NC(=O)OC(C)(C)C)C(=O)N23)C(=O)c2nc3ccccc3s2)c(C)c1C. The average Bonchev–Trinajstić information content (AvgIpc) is 3.86. The number of carbonyl (C=O) groups excluding carboxylic acids is 4. The number of thiazole rings is 1. The second kappa shape index (κ2) is 19.1. The highest BCUT2D eigenvalue weighted by molar-refractivity contribution is 7.80. The summed E-state index contributed by atoms with van der Waals surface area (Å²) in [6.45, 7) is 11.7. The highest BCUT2D eigenvalue weighted by Crippen LogP contribution is 2.34. The number of aliphatic imine (C=N–C) groups is 1. The summed E-state index contributed by atoms with van der Waals surface area (Å²) in [6.07, 6.45) is 0.532. The standard InChI is InChI=1S/C43H54N8O8S2/c1-26-24-33(57-7)27(2)28(3)36(26)61(56)59-49-40(44)45-21-13-17-31(35(52)38-47-30-16-11-12-18-34(30)60-38)46-37(53)32-19-22-50-23-20-43(39(54)51(32)50,25-29-14-9-8-10-15-29)48-41(55)58-42(4,5)6/h8-12,14-16,18,24,31-32H,13,17,19-23,25H2,1-7H3,(H,46,53)(H,48,55)(H3,44,45,49)/t31?,32-,43+,61?/m0/s1. The molecule has 5 N–H and O–H groups in total. The van der Waals surface area contributed by atoms with Gasteiger partial charge in [0.2, 0.25) is 28.7 Å². The zero-order valence-electron chi connectivity index (χ0n) is 35.5. The molecule has 3 amide bonds. The minimum Gasteiger partial charge on any atom is -0.496 e. The third-order valence-corrected chi connectivity index (χ3v) is 13.0. The van der Waals surface area contributed by atoms with E-state index in [9.17, 15) is 23.4 Å². The zero-order valence-corrected chi connectivity index (χ0v) is 37.2. The van der Waals surface area contributed by atoms with Crippen LogP contribution in [0.2, 0.25) is 0 Å². The van der Waals surface area contributed by atoms with Crippen LogP contribution in [0.5, 0.6) is 5.75 Å². The first kappa shape index (κ1) is 45.1. The van der Waals surface area contributed by atoms with Gasteiger partial charge in [-0.15, -0.1) is 11.3 Å². The van der Waals surface area contributed by atoms with E-state index in [1.54, 1.807) is 33.9 Å². The number of Topliss-reactive ketones (excluding diaryl/α,β-unsaturated/α-hetero) is 1. The largest absolute Gasteiger partial charge is 0.496 e. The molecule has 3 heterocycles. The molecule has 3 aromatic carbocycles. The molecular formula is C43H54N8O8S2. The molecule has 0 bridgehead atoms. The first-order valence-corrected chi connectivity index (χ1v) is 22.0. The summed E-state index contributed by atoms with van der Waals surface area (Å²) in [5.74, 6) is -0.773. The zero-order chi connectivity index (χ0) is 44.1. The Kier molecular flexibility index (Phi) is 14.1. The fraction of sp³-hybridized carbons (Fsp3) is 0.442. The molecule has 0 saturated carbocycles. The van der Waals surface area contributed by atoms with E-state index in [1.165, 1.54) is 16.3 Å². The maximum absolute atomic E-state index is 14.7. The topological polar surface area (TPSA) is 207 Å². The molecular weight excluding hydrogens is 821 g/mol. The number of ether oxygens (including phenoxy) is 2. The Balaban J connectivity index is 1.17. The number of nitrogens with zero attached hydrogens (tertiary/aromatic N) is 4. The summed E-state index contributed by atoms with van der Waals surface area (Å²) < 4.78 is 30.3. The third kappa shape index (κ3) is 10.5. The number of amides is 3. The maximum Gasteiger partial charge on any atom is 0.408 e. The maximum atomic E-state index is 14.7. The molecule has 326 valence electrons. The summed E-state index contributed by atoms with van der Waals surface area (Å²) in [5.41, 5.74) is 10.1. The van der Waals surface area contributed by atoms with Crippen LogP contribution in [0.4, 0.5) is 4.79 Å². The van der Waals surface area contributed by atoms with Gasteiger partial charge in [0.05, 0.1) is 28.3 Å². The normalized spacial score (nSPS) is 19.3. The number of benzene rings is 3. The molecule has 4 aromatic rings. The molecule has 2 fully saturated rings. The van der Waals surface area contributed by atoms with Crippen molar-refractivity contribution in [2.24, 2.45) is 10.7 Å². The molecule has 2 unspecified atom stereocenters. The monoisotopic (exact) mass is 874 g/mol. The van der Waals surface area contributed by atoms with E-state index in [0.717, 1.165) is 27.0 Å². The van der Waals surface area contributed by atoms with E-state index < -0.39 is 52.2 Å². The molecule has 4 atom stereocenters. The van der Waals surface area contributed by atoms with Crippen molar-refractivity contribution in [2.75, 3.05) is 26.7 Å². The van der Waals surface area contributed by atoms with E-state index in [4.69, 9.17) is 19.5 Å². The number of methoxy groups -OCH3 is 1. The number of ketones is 1. The van der Waals surface area contributed by atoms with Gasteiger partial charge in [-0.3, -0.25) is 24.4 Å². The van der Waals surface area contributed by atoms with Crippen molar-refractivity contribution >= 4 is 62.3 Å². The van der Waals surface area contributed by atoms with Crippen LogP contribution in [0, 0.1) is 20.8 Å². The molecule has 2 saturated heterocycles. The Labute approximate surface area is 362 Å². The van der Waals surface area contributed by atoms with Crippen molar-refractivity contribution in [1.29, 1.82) is 0 Å². The van der Waals surface area contributed by atoms with Crippen molar-refractivity contribution in [3.8, 4) is 5.75 Å². The number of nitrogens with two attached hydrogens (primary N) is 1. The number of hydrogen-bond donors (Lipinski definition) is 4. The second-order valence-electron chi connectivity index (χ2n) is 16.2. The minimum atomic E-state index is -1.92. The van der Waals surface area contributed by atoms with Gasteiger partial charge in [-0.05, 0) is 108 Å². The van der Waals surface area contributed by atoms with Gasteiger partial charge in [-0.25, -0.2) is 24.5 Å². The van der Waals surface area contributed by atoms with Crippen LogP contribution < -0.4 is 26.6 Å². The number of hydrogen-bond acceptors (Lipinski definition) is 12. The van der Waals surface area contributed by atoms with Crippen LogP contribution in [-0.4, -0.2) is 98.8 Å². The summed E-state index contributed by atoms with van der Waals surface area (Å²) >= 11 is -0.686. The van der Waals surface area contributed by atoms with Crippen LogP contribution >= 0.6 is 11.3 Å². The fourth-order valence-electron chi connectivity index (χ4n) is 7.65. The summed E-state index contributed by atoms with van der Waals surface area (Å²) in [5, 5.41) is 9.35. The number of nitrogens with one attached hydrogen (secondary N) is 3. The van der Waals surface area contributed by atoms with Gasteiger partial charge in [0.1, 0.15) is 22.9 Å². The van der Waals surface area contributed by atoms with Crippen molar-refractivity contribution in [2.45, 2.75) is 102 Å². The molecule has 16 nitrogen and oxygen atoms in total. The van der Waals surface area contributed by atoms with Gasteiger partial charge in [0.15, 0.2) is 5.01 Å². The number of para-hydroxylation sites is 1. The Morgan fingerprint density at radius 1 is 1.07 bits per heavy atom. The number of fused-ring (bicyclic) bond motifs is 2. The Hall–Kier alpha value is -5.43. The first-order chi connectivity index (χ1) is 29.0. The molecule has 2 aliphatic heterocycles. The number of aryl methyl sites for hydroxylation is 1. The van der Waals surface area contributed by atoms with Gasteiger partial charge in [-0.2, -0.15) is 4.28 Å². The van der Waals surface area contributed by atoms with E-state index in [-0.39, 0.29) is 36.1 Å². The molecule has 0 spiro atoms. The molecule has 1 aromatic heterocycles. The molecule has 6 rings (SSSR count). The Bertz CT molecular complexity index is 2300. The van der Waals surface area contributed by atoms with Crippen LogP contribution in [0.1, 0.15) is 78.5 Å². The third-order valence-electron chi connectivity index (χ3n) is 10.7. The molecule has 0 radical (unpaired) electrons. The molecule has 18 heteroatoms. The van der Waals surface area contributed by atoms with Crippen molar-refractivity contribution < 1.29 is 37.1 Å². The quantitative estimate of drug-likeness (QED) is 0.0411. The summed E-state index contributed by atoms with van der Waals surface area (Å²) in [6, 6.07) is 16.6. The number of alkyl carbamates (subject to hydrolysis) is 1. The van der Waals surface area contributed by atoms with Gasteiger partial charge in [-0.1, -0.05) is 42.5 Å². The minimum absolute atomic E-state index is 0.124. The summed E-state index contributed by atoms with van der Waals surface area (Å²) in [4.78, 5) is 65.8. The van der Waals surface area contributed by atoms with Crippen molar-refractivity contribution in [3.05, 3.63) is 87.9 Å². The highest BCUT2D eigenvalue weighted by atomic mass is 32.2. The lowest BCUT2D eigenvalue weighted by Crippen LogP contribution is -2.70.